The van der Waals surface area contributed by atoms with Crippen LogP contribution in [-0.2, 0) is 0 Å². The molecule has 3 N–H and O–H groups in total. The quantitative estimate of drug-likeness (QED) is 0.711. The van der Waals surface area contributed by atoms with Crippen molar-refractivity contribution >= 4 is 11.4 Å². The van der Waals surface area contributed by atoms with Gasteiger partial charge in [0.15, 0.2) is 0 Å². The molecule has 0 radical (unpaired) electrons. The monoisotopic (exact) mass is 214 g/mol. The van der Waals surface area contributed by atoms with Crippen LogP contribution in [0, 0.1) is 0 Å². The number of benzene rings is 1. The fourth-order valence-corrected chi connectivity index (χ4v) is 1.31. The van der Waals surface area contributed by atoms with Gasteiger partial charge in [0.25, 0.3) is 0 Å². The minimum absolute atomic E-state index is 0.581. The van der Waals surface area contributed by atoms with E-state index in [0.717, 1.165) is 29.8 Å². The molecular weight excluding hydrogens is 196 g/mol. The Kier molecular flexibility index (Phi) is 4.40. The molecule has 2 heteroatoms. The van der Waals surface area contributed by atoms with E-state index in [9.17, 15) is 0 Å². The summed E-state index contributed by atoms with van der Waals surface area (Å²) in [6.45, 7) is 11.3. The van der Waals surface area contributed by atoms with E-state index in [4.69, 9.17) is 5.73 Å². The van der Waals surface area contributed by atoms with E-state index < -0.39 is 0 Å². The van der Waals surface area contributed by atoms with Crippen LogP contribution in [0.5, 0.6) is 0 Å². The molecule has 2 nitrogen and oxygen atoms in total. The van der Waals surface area contributed by atoms with Gasteiger partial charge in [-0.05, 0) is 30.5 Å². The number of rotatable bonds is 6. The van der Waals surface area contributed by atoms with Crippen molar-refractivity contribution in [3.63, 3.8) is 0 Å². The molecule has 0 amide bonds. The summed E-state index contributed by atoms with van der Waals surface area (Å²) in [7, 11) is 0. The van der Waals surface area contributed by atoms with Crippen molar-refractivity contribution in [3.05, 3.63) is 61.3 Å². The fraction of sp³-hybridized carbons (Fsp3) is 0.143. The van der Waals surface area contributed by atoms with E-state index in [-0.39, 0.29) is 0 Å². The maximum Gasteiger partial charge on any atom is 0.0382 e. The van der Waals surface area contributed by atoms with E-state index in [1.54, 1.807) is 0 Å². The Morgan fingerprint density at radius 1 is 1.25 bits per heavy atom. The standard InChI is InChI=1S/C14H18N2/c1-4-5-6-11(2)16-14-9-7-13(8-10-14)12(3)15/h4,7-10,16H,1-3,5-6,15H2. The SMILES string of the molecule is C=CCCC(=C)Nc1ccc(C(=C)N)cc1. The smallest absolute Gasteiger partial charge is 0.0382 e. The maximum absolute atomic E-state index is 5.59. The van der Waals surface area contributed by atoms with Crippen molar-refractivity contribution in [2.24, 2.45) is 5.73 Å². The molecule has 84 valence electrons. The summed E-state index contributed by atoms with van der Waals surface area (Å²) < 4.78 is 0. The van der Waals surface area contributed by atoms with Crippen LogP contribution in [-0.4, -0.2) is 0 Å². The van der Waals surface area contributed by atoms with Crippen molar-refractivity contribution in [2.75, 3.05) is 5.32 Å². The Balaban J connectivity index is 2.58. The van der Waals surface area contributed by atoms with Crippen LogP contribution in [0.15, 0.2) is 55.8 Å². The zero-order valence-electron chi connectivity index (χ0n) is 9.50. The summed E-state index contributed by atoms with van der Waals surface area (Å²) in [6.07, 6.45) is 3.72. The molecule has 0 heterocycles. The number of hydrogen-bond acceptors (Lipinski definition) is 2. The van der Waals surface area contributed by atoms with Crippen molar-refractivity contribution in [2.45, 2.75) is 12.8 Å². The third-order valence-electron chi connectivity index (χ3n) is 2.23. The Morgan fingerprint density at radius 2 is 1.88 bits per heavy atom. The lowest BCUT2D eigenvalue weighted by molar-refractivity contribution is 0.991. The topological polar surface area (TPSA) is 38.0 Å². The summed E-state index contributed by atoms with van der Waals surface area (Å²) in [5.74, 6) is 0. The van der Waals surface area contributed by atoms with Gasteiger partial charge in [-0.3, -0.25) is 0 Å². The molecule has 1 aromatic carbocycles. The van der Waals surface area contributed by atoms with Gasteiger partial charge in [-0.1, -0.05) is 31.4 Å². The van der Waals surface area contributed by atoms with E-state index in [1.165, 1.54) is 0 Å². The highest BCUT2D eigenvalue weighted by Gasteiger charge is 1.97. The summed E-state index contributed by atoms with van der Waals surface area (Å²) in [5.41, 5.74) is 9.11. The number of hydrogen-bond donors (Lipinski definition) is 2. The van der Waals surface area contributed by atoms with E-state index >= 15 is 0 Å². The van der Waals surface area contributed by atoms with Gasteiger partial charge in [0.05, 0.1) is 0 Å². The first kappa shape index (κ1) is 12.1. The largest absolute Gasteiger partial charge is 0.399 e. The molecule has 0 fully saturated rings. The third kappa shape index (κ3) is 3.65. The van der Waals surface area contributed by atoms with Gasteiger partial charge in [-0.15, -0.1) is 6.58 Å². The highest BCUT2D eigenvalue weighted by Crippen LogP contribution is 2.15. The van der Waals surface area contributed by atoms with E-state index in [1.807, 2.05) is 30.3 Å². The molecule has 0 spiro atoms. The Hall–Kier alpha value is -1.96. The van der Waals surface area contributed by atoms with Crippen LogP contribution in [0.2, 0.25) is 0 Å². The number of allylic oxidation sites excluding steroid dienone is 2. The highest BCUT2D eigenvalue weighted by atomic mass is 14.9. The lowest BCUT2D eigenvalue weighted by atomic mass is 10.1. The maximum atomic E-state index is 5.59. The van der Waals surface area contributed by atoms with Crippen molar-refractivity contribution < 1.29 is 0 Å². The number of nitrogens with one attached hydrogen (secondary N) is 1. The van der Waals surface area contributed by atoms with Crippen LogP contribution in [0.4, 0.5) is 5.69 Å². The average molecular weight is 214 g/mol. The van der Waals surface area contributed by atoms with Gasteiger partial charge >= 0.3 is 0 Å². The first-order valence-electron chi connectivity index (χ1n) is 5.24. The summed E-state index contributed by atoms with van der Waals surface area (Å²) in [6, 6.07) is 7.80. The van der Waals surface area contributed by atoms with Crippen molar-refractivity contribution in [3.8, 4) is 0 Å². The van der Waals surface area contributed by atoms with Gasteiger partial charge in [0.2, 0.25) is 0 Å². The third-order valence-corrected chi connectivity index (χ3v) is 2.23. The molecule has 0 aromatic heterocycles. The Labute approximate surface area is 97.2 Å². The molecule has 0 unspecified atom stereocenters. The molecule has 0 saturated heterocycles. The molecule has 1 aromatic rings. The minimum Gasteiger partial charge on any atom is -0.399 e. The first-order valence-corrected chi connectivity index (χ1v) is 5.24. The zero-order valence-corrected chi connectivity index (χ0v) is 9.50. The fourth-order valence-electron chi connectivity index (χ4n) is 1.31. The van der Waals surface area contributed by atoms with Crippen LogP contribution in [0.3, 0.4) is 0 Å². The summed E-state index contributed by atoms with van der Waals surface area (Å²) in [4.78, 5) is 0. The number of nitrogens with two attached hydrogens (primary N) is 1. The second-order valence-corrected chi connectivity index (χ2v) is 3.66. The van der Waals surface area contributed by atoms with Gasteiger partial charge in [0.1, 0.15) is 0 Å². The Bertz CT molecular complexity index is 388. The van der Waals surface area contributed by atoms with Crippen molar-refractivity contribution in [1.29, 1.82) is 0 Å². The predicted octanol–water partition coefficient (Wildman–Crippen LogP) is 3.51. The van der Waals surface area contributed by atoms with Crippen LogP contribution >= 0.6 is 0 Å². The normalized spacial score (nSPS) is 9.50. The van der Waals surface area contributed by atoms with Crippen molar-refractivity contribution in [1.82, 2.24) is 0 Å². The average Bonchev–Trinajstić information content (AvgIpc) is 2.27. The molecule has 0 bridgehead atoms. The lowest BCUT2D eigenvalue weighted by Gasteiger charge is -2.09. The number of anilines is 1. The van der Waals surface area contributed by atoms with Crippen LogP contribution < -0.4 is 11.1 Å². The van der Waals surface area contributed by atoms with Gasteiger partial charge in [0, 0.05) is 17.1 Å². The van der Waals surface area contributed by atoms with Gasteiger partial charge in [-0.25, -0.2) is 0 Å². The van der Waals surface area contributed by atoms with Crippen LogP contribution in [0.25, 0.3) is 5.70 Å². The Morgan fingerprint density at radius 3 is 2.38 bits per heavy atom. The molecular formula is C14H18N2. The molecule has 0 aliphatic heterocycles. The molecule has 16 heavy (non-hydrogen) atoms. The van der Waals surface area contributed by atoms with E-state index in [2.05, 4.69) is 25.1 Å². The molecule has 0 aliphatic carbocycles. The highest BCUT2D eigenvalue weighted by molar-refractivity contribution is 5.63. The second kappa shape index (κ2) is 5.81. The summed E-state index contributed by atoms with van der Waals surface area (Å²) >= 11 is 0. The summed E-state index contributed by atoms with van der Waals surface area (Å²) in [5, 5.41) is 3.23. The second-order valence-electron chi connectivity index (χ2n) is 3.66. The van der Waals surface area contributed by atoms with Gasteiger partial charge in [-0.2, -0.15) is 0 Å². The van der Waals surface area contributed by atoms with Gasteiger partial charge < -0.3 is 11.1 Å². The first-order chi connectivity index (χ1) is 7.63. The predicted molar refractivity (Wildman–Crippen MR) is 71.9 cm³/mol. The molecule has 0 aliphatic rings. The zero-order chi connectivity index (χ0) is 12.0. The molecule has 0 atom stereocenters. The molecule has 0 saturated carbocycles. The minimum atomic E-state index is 0.581. The lowest BCUT2D eigenvalue weighted by Crippen LogP contribution is -1.98. The van der Waals surface area contributed by atoms with E-state index in [0.29, 0.717) is 5.70 Å². The molecule has 1 rings (SSSR count). The van der Waals surface area contributed by atoms with Crippen LogP contribution in [0.1, 0.15) is 18.4 Å².